The predicted octanol–water partition coefficient (Wildman–Crippen LogP) is 4.12. The Morgan fingerprint density at radius 1 is 1.04 bits per heavy atom. The van der Waals surface area contributed by atoms with Gasteiger partial charge in [0.1, 0.15) is 6.42 Å². The number of benzene rings is 2. The molecular weight excluding hydrogens is 324 g/mol. The number of hydrogen-bond donors (Lipinski definition) is 1. The smallest absolute Gasteiger partial charge is 0.236 e. The van der Waals surface area contributed by atoms with Crippen molar-refractivity contribution in [2.45, 2.75) is 52.5 Å². The van der Waals surface area contributed by atoms with Crippen LogP contribution in [0.15, 0.2) is 42.5 Å². The van der Waals surface area contributed by atoms with Gasteiger partial charge >= 0.3 is 0 Å². The molecule has 0 bridgehead atoms. The zero-order valence-electron chi connectivity index (χ0n) is 15.7. The first-order valence-corrected chi connectivity index (χ1v) is 9.35. The molecule has 1 unspecified atom stereocenters. The van der Waals surface area contributed by atoms with Gasteiger partial charge in [-0.05, 0) is 48.9 Å². The quantitative estimate of drug-likeness (QED) is 0.825. The number of nitrogens with zero attached hydrogens (tertiary/aromatic N) is 1. The van der Waals surface area contributed by atoms with E-state index in [4.69, 9.17) is 0 Å². The van der Waals surface area contributed by atoms with E-state index in [1.54, 1.807) is 4.90 Å². The molecule has 0 spiro atoms. The molecule has 0 aliphatic carbocycles. The lowest BCUT2D eigenvalue weighted by molar-refractivity contribution is -0.125. The maximum atomic E-state index is 12.8. The molecule has 0 saturated heterocycles. The van der Waals surface area contributed by atoms with Crippen LogP contribution in [0.1, 0.15) is 43.9 Å². The van der Waals surface area contributed by atoms with Gasteiger partial charge in [0.25, 0.3) is 0 Å². The molecule has 2 amide bonds. The molecule has 136 valence electrons. The Balaban J connectivity index is 1.74. The van der Waals surface area contributed by atoms with Gasteiger partial charge in [0.15, 0.2) is 0 Å². The second-order valence-electron chi connectivity index (χ2n) is 6.83. The average molecular weight is 350 g/mol. The highest BCUT2D eigenvalue weighted by atomic mass is 16.2. The summed E-state index contributed by atoms with van der Waals surface area (Å²) in [5.41, 5.74) is 5.17. The topological polar surface area (TPSA) is 49.4 Å². The molecule has 4 heteroatoms. The minimum atomic E-state index is -0.248. The first kappa shape index (κ1) is 18.2. The summed E-state index contributed by atoms with van der Waals surface area (Å²) in [4.78, 5) is 27.1. The van der Waals surface area contributed by atoms with E-state index in [1.807, 2.05) is 49.4 Å². The summed E-state index contributed by atoms with van der Waals surface area (Å²) in [6.07, 6.45) is 2.38. The number of amides is 2. The third-order valence-electron chi connectivity index (χ3n) is 5.05. The van der Waals surface area contributed by atoms with Crippen molar-refractivity contribution in [2.24, 2.45) is 0 Å². The predicted molar refractivity (Wildman–Crippen MR) is 106 cm³/mol. The van der Waals surface area contributed by atoms with Gasteiger partial charge in [-0.3, -0.25) is 9.59 Å². The Morgan fingerprint density at radius 3 is 2.35 bits per heavy atom. The highest BCUT2D eigenvalue weighted by Gasteiger charge is 2.31. The molecule has 4 nitrogen and oxygen atoms in total. The Kier molecular flexibility index (Phi) is 5.40. The largest absolute Gasteiger partial charge is 0.325 e. The molecule has 1 atom stereocenters. The van der Waals surface area contributed by atoms with E-state index in [2.05, 4.69) is 19.2 Å². The molecule has 2 aromatic carbocycles. The van der Waals surface area contributed by atoms with E-state index in [0.29, 0.717) is 0 Å². The molecule has 0 aromatic heterocycles. The number of carbonyl (C=O) groups is 2. The van der Waals surface area contributed by atoms with E-state index in [-0.39, 0.29) is 24.3 Å². The number of carbonyl (C=O) groups excluding carboxylic acids is 2. The van der Waals surface area contributed by atoms with Crippen molar-refractivity contribution in [2.75, 3.05) is 10.2 Å². The highest BCUT2D eigenvalue weighted by molar-refractivity contribution is 6.10. The van der Waals surface area contributed by atoms with Gasteiger partial charge in [0.05, 0.1) is 0 Å². The van der Waals surface area contributed by atoms with Crippen LogP contribution in [0, 0.1) is 0 Å². The van der Waals surface area contributed by atoms with Gasteiger partial charge in [-0.25, -0.2) is 0 Å². The Morgan fingerprint density at radius 2 is 1.69 bits per heavy atom. The lowest BCUT2D eigenvalue weighted by atomic mass is 10.0. The molecule has 1 aliphatic rings. The van der Waals surface area contributed by atoms with Crippen LogP contribution in [0.2, 0.25) is 0 Å². The van der Waals surface area contributed by atoms with E-state index >= 15 is 0 Å². The highest BCUT2D eigenvalue weighted by Crippen LogP contribution is 2.32. The minimum Gasteiger partial charge on any atom is -0.325 e. The third kappa shape index (κ3) is 3.50. The van der Waals surface area contributed by atoms with Crippen LogP contribution >= 0.6 is 0 Å². The van der Waals surface area contributed by atoms with Crippen LogP contribution in [0.3, 0.4) is 0 Å². The lowest BCUT2D eigenvalue weighted by Crippen LogP contribution is -2.37. The standard InChI is InChI=1S/C22H26N2O2/c1-4-16-10-8-11-17(5-2)22(16)23-20(25)14-21(26)24-15(3)13-18-9-6-7-12-19(18)24/h6-12,15H,4-5,13-14H2,1-3H3,(H,23,25). The average Bonchev–Trinajstić information content (AvgIpc) is 2.97. The fraction of sp³-hybridized carbons (Fsp3) is 0.364. The van der Waals surface area contributed by atoms with Gasteiger partial charge in [-0.2, -0.15) is 0 Å². The molecule has 2 aromatic rings. The lowest BCUT2D eigenvalue weighted by Gasteiger charge is -2.23. The van der Waals surface area contributed by atoms with Crippen LogP contribution in [0.4, 0.5) is 11.4 Å². The summed E-state index contributed by atoms with van der Waals surface area (Å²) in [6, 6.07) is 14.1. The van der Waals surface area contributed by atoms with Crippen molar-refractivity contribution in [3.63, 3.8) is 0 Å². The fourth-order valence-electron chi connectivity index (χ4n) is 3.75. The minimum absolute atomic E-state index is 0.0850. The molecule has 1 N–H and O–H groups in total. The third-order valence-corrected chi connectivity index (χ3v) is 5.05. The van der Waals surface area contributed by atoms with Crippen LogP contribution in [0.25, 0.3) is 0 Å². The zero-order valence-corrected chi connectivity index (χ0v) is 15.7. The molecule has 3 rings (SSSR count). The zero-order chi connectivity index (χ0) is 18.7. The van der Waals surface area contributed by atoms with Crippen molar-refractivity contribution in [1.29, 1.82) is 0 Å². The van der Waals surface area contributed by atoms with Crippen molar-refractivity contribution >= 4 is 23.2 Å². The number of hydrogen-bond acceptors (Lipinski definition) is 2. The van der Waals surface area contributed by atoms with Crippen LogP contribution in [-0.4, -0.2) is 17.9 Å². The fourth-order valence-corrected chi connectivity index (χ4v) is 3.75. The Labute approximate surface area is 155 Å². The summed E-state index contributed by atoms with van der Waals surface area (Å²) >= 11 is 0. The van der Waals surface area contributed by atoms with Gasteiger partial charge in [-0.15, -0.1) is 0 Å². The normalized spacial score (nSPS) is 15.7. The second-order valence-corrected chi connectivity index (χ2v) is 6.83. The first-order valence-electron chi connectivity index (χ1n) is 9.35. The van der Waals surface area contributed by atoms with Crippen molar-refractivity contribution in [3.05, 3.63) is 59.2 Å². The van der Waals surface area contributed by atoms with Gasteiger partial charge in [-0.1, -0.05) is 50.2 Å². The number of rotatable bonds is 5. The van der Waals surface area contributed by atoms with Crippen LogP contribution < -0.4 is 10.2 Å². The van der Waals surface area contributed by atoms with Crippen molar-refractivity contribution < 1.29 is 9.59 Å². The molecule has 1 aliphatic heterocycles. The Bertz CT molecular complexity index is 806. The van der Waals surface area contributed by atoms with Crippen LogP contribution in [0.5, 0.6) is 0 Å². The monoisotopic (exact) mass is 350 g/mol. The summed E-state index contributed by atoms with van der Waals surface area (Å²) in [5.74, 6) is -0.394. The van der Waals surface area contributed by atoms with Crippen molar-refractivity contribution in [3.8, 4) is 0 Å². The molecular formula is C22H26N2O2. The molecule has 26 heavy (non-hydrogen) atoms. The number of fused-ring (bicyclic) bond motifs is 1. The van der Waals surface area contributed by atoms with Gasteiger partial charge in [0, 0.05) is 17.4 Å². The summed E-state index contributed by atoms with van der Waals surface area (Å²) in [7, 11) is 0. The summed E-state index contributed by atoms with van der Waals surface area (Å²) < 4.78 is 0. The first-order chi connectivity index (χ1) is 12.5. The molecule has 0 saturated carbocycles. The summed E-state index contributed by atoms with van der Waals surface area (Å²) in [6.45, 7) is 6.16. The van der Waals surface area contributed by atoms with E-state index in [9.17, 15) is 9.59 Å². The molecule has 1 heterocycles. The maximum Gasteiger partial charge on any atom is 0.236 e. The van der Waals surface area contributed by atoms with E-state index < -0.39 is 0 Å². The number of anilines is 2. The van der Waals surface area contributed by atoms with E-state index in [0.717, 1.165) is 41.8 Å². The number of para-hydroxylation sites is 2. The maximum absolute atomic E-state index is 12.8. The van der Waals surface area contributed by atoms with Crippen LogP contribution in [-0.2, 0) is 28.9 Å². The number of nitrogens with one attached hydrogen (secondary N) is 1. The summed E-state index contributed by atoms with van der Waals surface area (Å²) in [5, 5.41) is 2.99. The Hall–Kier alpha value is -2.62. The molecule has 0 fully saturated rings. The van der Waals surface area contributed by atoms with Gasteiger partial charge < -0.3 is 10.2 Å². The SMILES string of the molecule is CCc1cccc(CC)c1NC(=O)CC(=O)N1c2ccccc2CC1C. The van der Waals surface area contributed by atoms with E-state index in [1.165, 1.54) is 5.56 Å². The number of aryl methyl sites for hydroxylation is 2. The molecule has 0 radical (unpaired) electrons. The van der Waals surface area contributed by atoms with Gasteiger partial charge in [0.2, 0.25) is 11.8 Å². The second kappa shape index (κ2) is 7.73. The van der Waals surface area contributed by atoms with Crippen molar-refractivity contribution in [1.82, 2.24) is 0 Å².